The Bertz CT molecular complexity index is 1020. The molecule has 11 heteroatoms. The molecule has 0 atom stereocenters. The smallest absolute Gasteiger partial charge is 0.434 e. The molecule has 1 aromatic carbocycles. The van der Waals surface area contributed by atoms with Gasteiger partial charge in [-0.1, -0.05) is 29.8 Å². The highest BCUT2D eigenvalue weighted by Crippen LogP contribution is 2.34. The van der Waals surface area contributed by atoms with E-state index in [4.69, 9.17) is 16.3 Å². The van der Waals surface area contributed by atoms with Gasteiger partial charge >= 0.3 is 6.18 Å². The summed E-state index contributed by atoms with van der Waals surface area (Å²) in [5.74, 6) is -0.930. The summed E-state index contributed by atoms with van der Waals surface area (Å²) in [6.07, 6.45) is -3.99. The fraction of sp³-hybridized carbons (Fsp3) is 0.222. The number of aromatic nitrogens is 4. The highest BCUT2D eigenvalue weighted by atomic mass is 35.5. The van der Waals surface area contributed by atoms with E-state index in [-0.39, 0.29) is 18.2 Å². The first-order valence-electron chi connectivity index (χ1n) is 8.24. The molecule has 0 aliphatic heterocycles. The molecule has 2 heterocycles. The number of ether oxygens (including phenoxy) is 1. The lowest BCUT2D eigenvalue weighted by molar-refractivity contribution is -0.143. The van der Waals surface area contributed by atoms with Gasteiger partial charge in [-0.3, -0.25) is 4.79 Å². The van der Waals surface area contributed by atoms with Crippen molar-refractivity contribution >= 4 is 17.5 Å². The van der Waals surface area contributed by atoms with Gasteiger partial charge in [0.15, 0.2) is 11.5 Å². The van der Waals surface area contributed by atoms with E-state index < -0.39 is 23.3 Å². The fourth-order valence-corrected chi connectivity index (χ4v) is 2.84. The van der Waals surface area contributed by atoms with E-state index in [9.17, 15) is 18.0 Å². The van der Waals surface area contributed by atoms with Crippen LogP contribution in [-0.2, 0) is 12.7 Å². The Morgan fingerprint density at radius 1 is 1.21 bits per heavy atom. The van der Waals surface area contributed by atoms with Crippen LogP contribution in [0.1, 0.15) is 21.6 Å². The molecule has 0 unspecified atom stereocenters. The summed E-state index contributed by atoms with van der Waals surface area (Å²) in [4.78, 5) is 13.9. The lowest BCUT2D eigenvalue weighted by Gasteiger charge is -2.19. The lowest BCUT2D eigenvalue weighted by atomic mass is 10.1. The summed E-state index contributed by atoms with van der Waals surface area (Å²) in [7, 11) is 2.74. The molecule has 0 radical (unpaired) electrons. The van der Waals surface area contributed by atoms with E-state index in [2.05, 4.69) is 15.3 Å². The van der Waals surface area contributed by atoms with E-state index in [1.54, 1.807) is 24.3 Å². The number of benzene rings is 1. The molecule has 3 rings (SSSR count). The molecule has 0 fully saturated rings. The SMILES string of the molecule is COc1ccc(-n2ncc(C(=O)N(C)Cc3ccccc3Cl)c2C(F)(F)F)nn1. The van der Waals surface area contributed by atoms with Crippen molar-refractivity contribution in [1.82, 2.24) is 24.9 Å². The second-order valence-electron chi connectivity index (χ2n) is 6.00. The number of carbonyl (C=O) groups excluding carboxylic acids is 1. The predicted molar refractivity (Wildman–Crippen MR) is 98.0 cm³/mol. The van der Waals surface area contributed by atoms with E-state index in [0.717, 1.165) is 11.1 Å². The zero-order valence-electron chi connectivity index (χ0n) is 15.3. The molecule has 0 spiro atoms. The maximum atomic E-state index is 13.8. The number of halogens is 4. The highest BCUT2D eigenvalue weighted by molar-refractivity contribution is 6.31. The monoisotopic (exact) mass is 425 g/mol. The van der Waals surface area contributed by atoms with Gasteiger partial charge < -0.3 is 9.64 Å². The van der Waals surface area contributed by atoms with Gasteiger partial charge in [-0.15, -0.1) is 10.2 Å². The molecular formula is C18H15ClF3N5O2. The summed E-state index contributed by atoms with van der Waals surface area (Å²) in [6, 6.07) is 9.37. The number of rotatable bonds is 5. The van der Waals surface area contributed by atoms with Crippen molar-refractivity contribution in [2.75, 3.05) is 14.2 Å². The molecule has 0 saturated carbocycles. The standard InChI is InChI=1S/C18H15ClF3N5O2/c1-26(10-11-5-3-4-6-13(11)19)17(28)12-9-23-27(16(12)18(20,21)22)14-7-8-15(29-2)25-24-14/h3-9H,10H2,1-2H3. The summed E-state index contributed by atoms with van der Waals surface area (Å²) >= 11 is 6.07. The molecule has 0 saturated heterocycles. The van der Waals surface area contributed by atoms with Gasteiger partial charge in [0.05, 0.1) is 18.9 Å². The van der Waals surface area contributed by atoms with Crippen LogP contribution in [0, 0.1) is 0 Å². The van der Waals surface area contributed by atoms with Crippen molar-refractivity contribution in [2.24, 2.45) is 0 Å². The largest absolute Gasteiger partial charge is 0.480 e. The Morgan fingerprint density at radius 2 is 1.93 bits per heavy atom. The predicted octanol–water partition coefficient (Wildman–Crippen LogP) is 3.62. The minimum Gasteiger partial charge on any atom is -0.480 e. The molecule has 29 heavy (non-hydrogen) atoms. The van der Waals surface area contributed by atoms with E-state index >= 15 is 0 Å². The van der Waals surface area contributed by atoms with Gasteiger partial charge in [0.2, 0.25) is 5.88 Å². The number of nitrogens with zero attached hydrogens (tertiary/aromatic N) is 5. The second kappa shape index (κ2) is 8.08. The molecular weight excluding hydrogens is 411 g/mol. The van der Waals surface area contributed by atoms with Crippen molar-refractivity contribution in [3.05, 3.63) is 64.4 Å². The molecule has 152 valence electrons. The molecule has 0 aliphatic rings. The van der Waals surface area contributed by atoms with Gasteiger partial charge in [0, 0.05) is 24.7 Å². The van der Waals surface area contributed by atoms with Crippen molar-refractivity contribution in [1.29, 1.82) is 0 Å². The Morgan fingerprint density at radius 3 is 2.52 bits per heavy atom. The number of hydrogen-bond donors (Lipinski definition) is 0. The van der Waals surface area contributed by atoms with E-state index in [0.29, 0.717) is 15.3 Å². The highest BCUT2D eigenvalue weighted by Gasteiger charge is 2.41. The van der Waals surface area contributed by atoms with E-state index in [1.165, 1.54) is 26.3 Å². The summed E-state index contributed by atoms with van der Waals surface area (Å²) in [5.41, 5.74) is -1.25. The minimum absolute atomic E-state index is 0.0311. The maximum absolute atomic E-state index is 13.8. The Balaban J connectivity index is 1.97. The van der Waals surface area contributed by atoms with Crippen LogP contribution in [0.4, 0.5) is 13.2 Å². The number of carbonyl (C=O) groups is 1. The van der Waals surface area contributed by atoms with Gasteiger partial charge in [0.25, 0.3) is 5.91 Å². The first kappa shape index (κ1) is 20.6. The maximum Gasteiger partial charge on any atom is 0.434 e. The van der Waals surface area contributed by atoms with Crippen LogP contribution < -0.4 is 4.74 Å². The molecule has 0 N–H and O–H groups in total. The average Bonchev–Trinajstić information content (AvgIpc) is 3.15. The molecule has 2 aromatic heterocycles. The quantitative estimate of drug-likeness (QED) is 0.624. The number of alkyl halides is 3. The summed E-state index contributed by atoms with van der Waals surface area (Å²) in [5, 5.41) is 11.4. The van der Waals surface area contributed by atoms with Crippen molar-refractivity contribution in [3.63, 3.8) is 0 Å². The first-order chi connectivity index (χ1) is 13.7. The second-order valence-corrected chi connectivity index (χ2v) is 6.41. The van der Waals surface area contributed by atoms with Crippen LogP contribution in [0.5, 0.6) is 5.88 Å². The van der Waals surface area contributed by atoms with Crippen molar-refractivity contribution in [2.45, 2.75) is 12.7 Å². The number of hydrogen-bond acceptors (Lipinski definition) is 5. The lowest BCUT2D eigenvalue weighted by Crippen LogP contribution is -2.29. The van der Waals surface area contributed by atoms with Crippen LogP contribution >= 0.6 is 11.6 Å². The third-order valence-electron chi connectivity index (χ3n) is 4.03. The fourth-order valence-electron chi connectivity index (χ4n) is 2.65. The van der Waals surface area contributed by atoms with Crippen LogP contribution in [-0.4, -0.2) is 44.9 Å². The van der Waals surface area contributed by atoms with Gasteiger partial charge in [0.1, 0.15) is 0 Å². The van der Waals surface area contributed by atoms with Gasteiger partial charge in [-0.2, -0.15) is 18.3 Å². The Hall–Kier alpha value is -3.14. The summed E-state index contributed by atoms with van der Waals surface area (Å²) in [6.45, 7) is 0.0311. The van der Waals surface area contributed by atoms with Crippen LogP contribution in [0.25, 0.3) is 5.82 Å². The average molecular weight is 426 g/mol. The minimum atomic E-state index is -4.85. The Labute approximate surface area is 168 Å². The summed E-state index contributed by atoms with van der Waals surface area (Å²) < 4.78 is 46.7. The van der Waals surface area contributed by atoms with Crippen LogP contribution in [0.2, 0.25) is 5.02 Å². The zero-order chi connectivity index (χ0) is 21.2. The molecule has 7 nitrogen and oxygen atoms in total. The molecule has 1 amide bonds. The van der Waals surface area contributed by atoms with Gasteiger partial charge in [-0.25, -0.2) is 4.68 Å². The van der Waals surface area contributed by atoms with Gasteiger partial charge in [-0.05, 0) is 17.7 Å². The molecule has 0 aliphatic carbocycles. The number of methoxy groups -OCH3 is 1. The third kappa shape index (κ3) is 4.32. The first-order valence-corrected chi connectivity index (χ1v) is 8.62. The zero-order valence-corrected chi connectivity index (χ0v) is 16.1. The molecule has 3 aromatic rings. The molecule has 0 bridgehead atoms. The van der Waals surface area contributed by atoms with Crippen LogP contribution in [0.15, 0.2) is 42.6 Å². The Kier molecular flexibility index (Phi) is 5.73. The third-order valence-corrected chi connectivity index (χ3v) is 4.40. The van der Waals surface area contributed by atoms with Crippen molar-refractivity contribution < 1.29 is 22.7 Å². The normalized spacial score (nSPS) is 11.4. The topological polar surface area (TPSA) is 73.1 Å². The van der Waals surface area contributed by atoms with Crippen molar-refractivity contribution in [3.8, 4) is 11.7 Å². The van der Waals surface area contributed by atoms with Crippen LogP contribution in [0.3, 0.4) is 0 Å². The van der Waals surface area contributed by atoms with E-state index in [1.807, 2.05) is 0 Å². The number of amides is 1.